The molecule has 0 unspecified atom stereocenters. The molecule has 0 bridgehead atoms. The molecule has 1 aromatic heterocycles. The van der Waals surface area contributed by atoms with Gasteiger partial charge in [-0.25, -0.2) is 0 Å². The van der Waals surface area contributed by atoms with Crippen LogP contribution in [0.3, 0.4) is 0 Å². The summed E-state index contributed by atoms with van der Waals surface area (Å²) in [6, 6.07) is 4.22. The number of aromatic amines is 1. The lowest BCUT2D eigenvalue weighted by Crippen LogP contribution is -1.92. The molecule has 0 aliphatic heterocycles. The summed E-state index contributed by atoms with van der Waals surface area (Å²) in [4.78, 5) is 3.23. The number of hydrogen-bond donors (Lipinski definition) is 1. The van der Waals surface area contributed by atoms with Crippen LogP contribution in [-0.2, 0) is 0 Å². The number of rotatable bonds is 2. The first-order chi connectivity index (χ1) is 5.45. The van der Waals surface area contributed by atoms with Crippen LogP contribution in [0.1, 0.15) is 25.7 Å². The van der Waals surface area contributed by atoms with Crippen molar-refractivity contribution in [2.45, 2.75) is 36.0 Å². The molecule has 0 radical (unpaired) electrons. The number of hydrogen-bond acceptors (Lipinski definition) is 1. The average Bonchev–Trinajstić information content (AvgIpc) is 2.60. The molecule has 11 heavy (non-hydrogen) atoms. The summed E-state index contributed by atoms with van der Waals surface area (Å²) in [6.07, 6.45) is 7.67. The van der Waals surface area contributed by atoms with E-state index in [0.717, 1.165) is 5.25 Å². The third-order valence-electron chi connectivity index (χ3n) is 2.17. The lowest BCUT2D eigenvalue weighted by atomic mass is 10.4. The number of nitrogens with one attached hydrogen (secondary N) is 1. The summed E-state index contributed by atoms with van der Waals surface area (Å²) in [6.45, 7) is 0. The van der Waals surface area contributed by atoms with Crippen molar-refractivity contribution in [1.29, 1.82) is 0 Å². The van der Waals surface area contributed by atoms with Gasteiger partial charge in [0, 0.05) is 11.4 Å². The van der Waals surface area contributed by atoms with E-state index in [1.54, 1.807) is 0 Å². The van der Waals surface area contributed by atoms with Crippen LogP contribution in [0.2, 0.25) is 0 Å². The fourth-order valence-corrected chi connectivity index (χ4v) is 2.79. The normalized spacial score (nSPS) is 19.3. The summed E-state index contributed by atoms with van der Waals surface area (Å²) in [5.41, 5.74) is 0. The fraction of sp³-hybridized carbons (Fsp3) is 0.556. The second-order valence-corrected chi connectivity index (χ2v) is 4.40. The SMILES string of the molecule is c1c[nH]c(SC2CCCC2)c1. The van der Waals surface area contributed by atoms with Gasteiger partial charge in [-0.1, -0.05) is 12.8 Å². The van der Waals surface area contributed by atoms with E-state index in [2.05, 4.69) is 17.1 Å². The molecular weight excluding hydrogens is 154 g/mol. The summed E-state index contributed by atoms with van der Waals surface area (Å²) in [5.74, 6) is 0. The molecule has 1 aliphatic rings. The molecule has 1 nitrogen and oxygen atoms in total. The molecule has 60 valence electrons. The molecule has 2 heteroatoms. The van der Waals surface area contributed by atoms with E-state index in [4.69, 9.17) is 0 Å². The Hall–Kier alpha value is -0.370. The smallest absolute Gasteiger partial charge is 0.0724 e. The minimum absolute atomic E-state index is 0.883. The van der Waals surface area contributed by atoms with Crippen LogP contribution in [0.15, 0.2) is 23.4 Å². The van der Waals surface area contributed by atoms with Gasteiger partial charge in [-0.3, -0.25) is 0 Å². The molecule has 0 saturated heterocycles. The highest BCUT2D eigenvalue weighted by Crippen LogP contribution is 2.33. The van der Waals surface area contributed by atoms with Crippen molar-refractivity contribution in [3.63, 3.8) is 0 Å². The van der Waals surface area contributed by atoms with Crippen molar-refractivity contribution in [3.8, 4) is 0 Å². The van der Waals surface area contributed by atoms with Crippen molar-refractivity contribution >= 4 is 11.8 Å². The first-order valence-corrected chi connectivity index (χ1v) is 5.13. The Morgan fingerprint density at radius 2 is 2.18 bits per heavy atom. The first kappa shape index (κ1) is 7.29. The second-order valence-electron chi connectivity index (χ2n) is 3.06. The minimum Gasteiger partial charge on any atom is -0.356 e. The van der Waals surface area contributed by atoms with Crippen molar-refractivity contribution in [2.24, 2.45) is 0 Å². The van der Waals surface area contributed by atoms with E-state index in [1.807, 2.05) is 18.0 Å². The monoisotopic (exact) mass is 167 g/mol. The standard InChI is InChI=1S/C9H13NS/c1-2-5-8(4-1)11-9-6-3-7-10-9/h3,6-8,10H,1-2,4-5H2. The summed E-state index contributed by atoms with van der Waals surface area (Å²) < 4.78 is 0. The average molecular weight is 167 g/mol. The second kappa shape index (κ2) is 3.35. The maximum absolute atomic E-state index is 3.23. The molecule has 1 N–H and O–H groups in total. The Labute approximate surface area is 71.6 Å². The maximum Gasteiger partial charge on any atom is 0.0724 e. The van der Waals surface area contributed by atoms with Gasteiger partial charge >= 0.3 is 0 Å². The van der Waals surface area contributed by atoms with Crippen LogP contribution in [0.5, 0.6) is 0 Å². The van der Waals surface area contributed by atoms with Gasteiger partial charge in [0.1, 0.15) is 0 Å². The van der Waals surface area contributed by atoms with Gasteiger partial charge < -0.3 is 4.98 Å². The van der Waals surface area contributed by atoms with Crippen molar-refractivity contribution in [1.82, 2.24) is 4.98 Å². The lowest BCUT2D eigenvalue weighted by Gasteiger charge is -2.04. The van der Waals surface area contributed by atoms with Crippen LogP contribution in [0.4, 0.5) is 0 Å². The molecule has 0 atom stereocenters. The number of aromatic nitrogens is 1. The van der Waals surface area contributed by atoms with Crippen molar-refractivity contribution in [3.05, 3.63) is 18.3 Å². The van der Waals surface area contributed by atoms with E-state index in [9.17, 15) is 0 Å². The highest BCUT2D eigenvalue weighted by Gasteiger charge is 2.15. The molecule has 1 saturated carbocycles. The molecule has 1 heterocycles. The lowest BCUT2D eigenvalue weighted by molar-refractivity contribution is 0.886. The molecule has 1 fully saturated rings. The van der Waals surface area contributed by atoms with Gasteiger partial charge in [0.05, 0.1) is 5.03 Å². The Bertz CT molecular complexity index is 199. The molecule has 0 aromatic carbocycles. The molecular formula is C9H13NS. The minimum atomic E-state index is 0.883. The third kappa shape index (κ3) is 1.80. The van der Waals surface area contributed by atoms with Crippen molar-refractivity contribution in [2.75, 3.05) is 0 Å². The molecule has 0 spiro atoms. The Kier molecular flexibility index (Phi) is 2.22. The zero-order chi connectivity index (χ0) is 7.52. The predicted molar refractivity (Wildman–Crippen MR) is 48.9 cm³/mol. The Morgan fingerprint density at radius 3 is 2.82 bits per heavy atom. The van der Waals surface area contributed by atoms with E-state index in [-0.39, 0.29) is 0 Å². The fourth-order valence-electron chi connectivity index (χ4n) is 1.57. The first-order valence-electron chi connectivity index (χ1n) is 4.25. The van der Waals surface area contributed by atoms with Crippen LogP contribution < -0.4 is 0 Å². The van der Waals surface area contributed by atoms with E-state index < -0.39 is 0 Å². The van der Waals surface area contributed by atoms with Crippen LogP contribution in [0.25, 0.3) is 0 Å². The van der Waals surface area contributed by atoms with E-state index in [0.29, 0.717) is 0 Å². The Balaban J connectivity index is 1.90. The Morgan fingerprint density at radius 1 is 1.36 bits per heavy atom. The molecule has 1 aliphatic carbocycles. The van der Waals surface area contributed by atoms with E-state index >= 15 is 0 Å². The zero-order valence-electron chi connectivity index (χ0n) is 6.55. The molecule has 0 amide bonds. The third-order valence-corrected chi connectivity index (χ3v) is 3.48. The van der Waals surface area contributed by atoms with Crippen LogP contribution in [-0.4, -0.2) is 10.2 Å². The van der Waals surface area contributed by atoms with Crippen molar-refractivity contribution < 1.29 is 0 Å². The van der Waals surface area contributed by atoms with Gasteiger partial charge in [-0.2, -0.15) is 0 Å². The zero-order valence-corrected chi connectivity index (χ0v) is 7.36. The van der Waals surface area contributed by atoms with Gasteiger partial charge in [0.15, 0.2) is 0 Å². The topological polar surface area (TPSA) is 15.8 Å². The van der Waals surface area contributed by atoms with Crippen LogP contribution in [0, 0.1) is 0 Å². The quantitative estimate of drug-likeness (QED) is 0.715. The molecule has 1 aromatic rings. The highest BCUT2D eigenvalue weighted by atomic mass is 32.2. The van der Waals surface area contributed by atoms with E-state index in [1.165, 1.54) is 30.7 Å². The molecule has 2 rings (SSSR count). The van der Waals surface area contributed by atoms with Gasteiger partial charge in [-0.05, 0) is 25.0 Å². The van der Waals surface area contributed by atoms with Gasteiger partial charge in [0.2, 0.25) is 0 Å². The highest BCUT2D eigenvalue weighted by molar-refractivity contribution is 7.99. The largest absolute Gasteiger partial charge is 0.356 e. The van der Waals surface area contributed by atoms with Gasteiger partial charge in [-0.15, -0.1) is 11.8 Å². The van der Waals surface area contributed by atoms with Gasteiger partial charge in [0.25, 0.3) is 0 Å². The summed E-state index contributed by atoms with van der Waals surface area (Å²) in [7, 11) is 0. The summed E-state index contributed by atoms with van der Waals surface area (Å²) in [5, 5.41) is 2.21. The van der Waals surface area contributed by atoms with Crippen LogP contribution >= 0.6 is 11.8 Å². The number of thioether (sulfide) groups is 1. The maximum atomic E-state index is 3.23. The summed E-state index contributed by atoms with van der Waals surface area (Å²) >= 11 is 2.00. The predicted octanol–water partition coefficient (Wildman–Crippen LogP) is 3.05. The number of H-pyrrole nitrogens is 1.